The Balaban J connectivity index is 0.000000131. The van der Waals surface area contributed by atoms with Crippen LogP contribution in [-0.4, -0.2) is 111 Å². The molecule has 0 aromatic carbocycles. The smallest absolute Gasteiger partial charge is 0.201 e. The van der Waals surface area contributed by atoms with E-state index in [1.54, 1.807) is 30.5 Å². The number of hydrogen-bond donors (Lipinski definition) is 0. The molecule has 9 aromatic heterocycles. The van der Waals surface area contributed by atoms with Crippen LogP contribution in [-0.2, 0) is 110 Å². The fourth-order valence-corrected chi connectivity index (χ4v) is 20.2. The van der Waals surface area contributed by atoms with Crippen molar-refractivity contribution < 1.29 is 57.0 Å². The van der Waals surface area contributed by atoms with Crippen LogP contribution in [0.1, 0.15) is 407 Å². The van der Waals surface area contributed by atoms with Crippen LogP contribution in [0, 0.1) is 24.1 Å². The van der Waals surface area contributed by atoms with E-state index in [2.05, 4.69) is 220 Å². The van der Waals surface area contributed by atoms with Crippen LogP contribution in [0.3, 0.4) is 0 Å². The maximum absolute atomic E-state index is 14.4. The zero-order valence-corrected chi connectivity index (χ0v) is 91.7. The molecule has 0 radical (unpaired) electrons. The molecule has 0 saturated heterocycles. The highest BCUT2D eigenvalue weighted by molar-refractivity contribution is 9.12. The number of halogens is 3. The number of carbonyl (C=O) groups excluding carboxylic acids is 9. The Hall–Kier alpha value is -13.1. The fraction of sp³-hybridized carbons (Fsp3) is 0.408. The average molecular weight is 2070 g/mol. The van der Waals surface area contributed by atoms with Crippen LogP contribution in [0.5, 0.6) is 0 Å². The van der Waals surface area contributed by atoms with Gasteiger partial charge >= 0.3 is 0 Å². The Kier molecular flexibility index (Phi) is 36.2. The Labute approximate surface area is 884 Å². The molecular weight excluding hydrogens is 1940 g/mol. The summed E-state index contributed by atoms with van der Waals surface area (Å²) < 4.78 is 25.6. The second-order valence-electron chi connectivity index (χ2n) is 42.8. The topological polar surface area (TPSA) is 288 Å². The monoisotopic (exact) mass is 2070 g/mol. The molecule has 9 aromatic rings. The molecule has 0 spiro atoms. The van der Waals surface area contributed by atoms with Crippen molar-refractivity contribution in [2.45, 2.75) is 314 Å². The number of terminal acetylenes is 1. The molecule has 13 aliphatic rings. The molecule has 768 valence electrons. The first-order valence-electron chi connectivity index (χ1n) is 52.3. The van der Waals surface area contributed by atoms with Gasteiger partial charge in [0.2, 0.25) is 5.78 Å². The van der Waals surface area contributed by atoms with Crippen molar-refractivity contribution in [3.8, 4) is 12.3 Å². The zero-order valence-electron chi connectivity index (χ0n) is 89.3. The molecule has 1 fully saturated rings. The molecule has 10 heterocycles. The first-order chi connectivity index (χ1) is 70.5. The number of ketones is 9. The molecular formula is C125H136BrClFN9O11. The summed E-state index contributed by atoms with van der Waals surface area (Å²) in [6.45, 7) is 42.6. The van der Waals surface area contributed by atoms with Crippen LogP contribution in [0.4, 0.5) is 4.39 Å². The van der Waals surface area contributed by atoms with E-state index in [0.717, 1.165) is 203 Å². The summed E-state index contributed by atoms with van der Waals surface area (Å²) in [5.74, 6) is 8.84. The highest BCUT2D eigenvalue weighted by Crippen LogP contribution is 2.45. The Bertz CT molecular complexity index is 6990. The summed E-state index contributed by atoms with van der Waals surface area (Å²) in [6, 6.07) is 16.8. The summed E-state index contributed by atoms with van der Waals surface area (Å²) in [6.07, 6.45) is 44.5. The van der Waals surface area contributed by atoms with Gasteiger partial charge in [-0.2, -0.15) is 0 Å². The van der Waals surface area contributed by atoms with E-state index < -0.39 is 0 Å². The third kappa shape index (κ3) is 25.9. The standard InChI is InChI=1S/C15H16FNO.2C15H17NO.C15H19NO.C14H15NO2.C14H13NO.C13H15NO2.C12H12BrNO.C12H12ClNO/c1-8(2)12-7-17-15-10-5-3-4-9(10)13(18)6-11(15)14(12)16;1-9(2)12-5-11-6-15(17)13(10-3-4-10)7-14(11)16-8-12;1-9(2)11-6-10-7-14(17)12-4-3-5-13(12)15(10)16-8-11;1-5-13-10(4)15-11(7-14(13)17)6-12(8-16-15)9(2)3;1-8(2)10-5-9-6-12(16)11-3-4-17-14(11)13(9)15-7-10;1-4-10-6-13-11(7-14(10)16)5-12(8-15-13)9(2)3;1-8(2)10-4-9-5-12(15)13(16-3)6-11(9)14-7-10;2*1-7(2)9-3-8-4-12(15)10(13)5-11(8)14-6-9/h7-8H,3-6H2,1-2H3;5,7-10H,3-4,6H2,1-2H3;6,8-9H,3-5,7H2,1-2H3;6,8-9H,5,7H2,1-4H3;5,7-8H,3-4,6H2,1-2H3;1,5-6,8-9H,7H2,2-3H3;4,6-8H,5H2,1-3H3;2*3,5-7H,4H2,1-2H3. The number of carbonyl (C=O) groups is 9. The number of methoxy groups -OCH3 is 1. The van der Waals surface area contributed by atoms with Gasteiger partial charge in [-0.15, -0.1) is 6.42 Å². The van der Waals surface area contributed by atoms with Gasteiger partial charge in [0.1, 0.15) is 11.5 Å². The second kappa shape index (κ2) is 48.5. The number of nitrogens with zero attached hydrogens (tertiary/aromatic N) is 9. The quantitative estimate of drug-likeness (QED) is 0.103. The fourth-order valence-electron chi connectivity index (χ4n) is 19.6. The molecule has 20 nitrogen and oxygen atoms in total. The van der Waals surface area contributed by atoms with Crippen molar-refractivity contribution in [2.75, 3.05) is 13.7 Å². The van der Waals surface area contributed by atoms with Gasteiger partial charge in [0.25, 0.3) is 0 Å². The van der Waals surface area contributed by atoms with Gasteiger partial charge in [0.05, 0.1) is 74.4 Å². The number of pyridine rings is 9. The highest BCUT2D eigenvalue weighted by Gasteiger charge is 2.38. The Morgan fingerprint density at radius 1 is 0.385 bits per heavy atom. The van der Waals surface area contributed by atoms with Gasteiger partial charge in [0.15, 0.2) is 57.8 Å². The first kappa shape index (κ1) is 111. The van der Waals surface area contributed by atoms with E-state index in [4.69, 9.17) is 27.5 Å². The third-order valence-corrected chi connectivity index (χ3v) is 30.1. The number of allylic oxidation sites excluding steroid dienone is 11. The van der Waals surface area contributed by atoms with Gasteiger partial charge in [-0.25, -0.2) is 4.39 Å². The van der Waals surface area contributed by atoms with Crippen LogP contribution >= 0.6 is 27.5 Å². The van der Waals surface area contributed by atoms with Crippen molar-refractivity contribution >= 4 is 132 Å². The van der Waals surface area contributed by atoms with Crippen LogP contribution in [0.2, 0.25) is 0 Å². The Morgan fingerprint density at radius 2 is 0.743 bits per heavy atom. The minimum absolute atomic E-state index is 0.0118. The lowest BCUT2D eigenvalue weighted by Gasteiger charge is -2.20. The maximum atomic E-state index is 14.4. The SMILES string of the molecule is C#CC1=Cc2ncc(C(C)C)cc2CC1=O.CC(C)c1cnc2c(c1)CC(=O)C(Br)=C2.CC(C)c1cnc2c(c1)CC(=O)C(C1CC1)=C2.CC(C)c1cnc2c(c1)CC(=O)C(Cl)=C2.CC(C)c1cnc2c(c1)CC(=O)C1=C2CCC1.CC(C)c1cnc2c(c1)CC(=O)C1=C2OCC1.CC(C)c1cnc2c(c1F)CC(=O)C1=C2CCC1.CCC1=C(C)c2ncc(C(C)C)cc2CC1=O.COC1=Cc2ncc(C(C)C)cc2CC1=O. The van der Waals surface area contributed by atoms with Gasteiger partial charge in [-0.3, -0.25) is 88.0 Å². The number of fused-ring (bicyclic) bond motifs is 12. The maximum Gasteiger partial charge on any atom is 0.201 e. The van der Waals surface area contributed by atoms with E-state index in [9.17, 15) is 47.5 Å². The molecule has 23 heteroatoms. The van der Waals surface area contributed by atoms with Gasteiger partial charge in [-0.05, 0) is 270 Å². The average Bonchev–Trinajstić information content (AvgIpc) is 1.52. The Morgan fingerprint density at radius 3 is 1.20 bits per heavy atom. The summed E-state index contributed by atoms with van der Waals surface area (Å²) in [5.41, 5.74) is 35.6. The van der Waals surface area contributed by atoms with Crippen LogP contribution in [0.25, 0.3) is 52.9 Å². The molecule has 1 aliphatic heterocycles. The lowest BCUT2D eigenvalue weighted by molar-refractivity contribution is -0.118. The number of rotatable bonds is 12. The van der Waals surface area contributed by atoms with E-state index in [1.165, 1.54) is 58.9 Å². The summed E-state index contributed by atoms with van der Waals surface area (Å²) in [7, 11) is 1.51. The minimum atomic E-state index is -0.221. The van der Waals surface area contributed by atoms with Crippen molar-refractivity contribution in [3.63, 3.8) is 0 Å². The first-order valence-corrected chi connectivity index (χ1v) is 53.4. The molecule has 0 N–H and O–H groups in total. The van der Waals surface area contributed by atoms with Gasteiger partial charge < -0.3 is 9.47 Å². The van der Waals surface area contributed by atoms with Gasteiger partial charge in [-0.1, -0.05) is 198 Å². The van der Waals surface area contributed by atoms with Crippen molar-refractivity contribution in [1.29, 1.82) is 0 Å². The molecule has 0 unspecified atom stereocenters. The predicted octanol–water partition coefficient (Wildman–Crippen LogP) is 26.4. The summed E-state index contributed by atoms with van der Waals surface area (Å²) in [4.78, 5) is 146. The number of ether oxygens (including phenoxy) is 2. The summed E-state index contributed by atoms with van der Waals surface area (Å²) in [5, 5.41) is 0.285. The highest BCUT2D eigenvalue weighted by atomic mass is 79.9. The van der Waals surface area contributed by atoms with E-state index in [0.29, 0.717) is 150 Å². The summed E-state index contributed by atoms with van der Waals surface area (Å²) >= 11 is 9.01. The molecule has 148 heavy (non-hydrogen) atoms. The molecule has 1 saturated carbocycles. The molecule has 22 rings (SSSR count). The predicted molar refractivity (Wildman–Crippen MR) is 588 cm³/mol. The number of aromatic nitrogens is 9. The van der Waals surface area contributed by atoms with Crippen LogP contribution < -0.4 is 0 Å². The van der Waals surface area contributed by atoms with E-state index in [-0.39, 0.29) is 63.7 Å². The van der Waals surface area contributed by atoms with Crippen molar-refractivity contribution in [2.24, 2.45) is 5.92 Å². The minimum Gasteiger partial charge on any atom is -0.493 e. The van der Waals surface area contributed by atoms with Crippen molar-refractivity contribution in [3.05, 3.63) is 310 Å². The third-order valence-electron chi connectivity index (χ3n) is 29.1. The second-order valence-corrected chi connectivity index (χ2v) is 44.1. The zero-order chi connectivity index (χ0) is 107. The molecule has 12 aliphatic carbocycles. The molecule has 0 amide bonds. The van der Waals surface area contributed by atoms with Gasteiger partial charge in [0, 0.05) is 165 Å². The number of Topliss-reactive ketones (excluding diaryl/α,β-unsaturated/α-hetero) is 9. The molecule has 0 bridgehead atoms. The van der Waals surface area contributed by atoms with Crippen LogP contribution in [0.15, 0.2) is 153 Å². The lowest BCUT2D eigenvalue weighted by atomic mass is 9.86. The van der Waals surface area contributed by atoms with Crippen molar-refractivity contribution in [1.82, 2.24) is 44.9 Å². The molecule has 0 atom stereocenters. The van der Waals surface area contributed by atoms with E-state index >= 15 is 0 Å². The number of hydrogen-bond acceptors (Lipinski definition) is 20. The normalized spacial score (nSPS) is 16.7. The van der Waals surface area contributed by atoms with E-state index in [1.807, 2.05) is 89.4 Å². The lowest BCUT2D eigenvalue weighted by Crippen LogP contribution is -2.17. The largest absolute Gasteiger partial charge is 0.493 e.